The molecule has 0 radical (unpaired) electrons. The molecule has 22 heavy (non-hydrogen) atoms. The lowest BCUT2D eigenvalue weighted by molar-refractivity contribution is -0.115. The van der Waals surface area contributed by atoms with Gasteiger partial charge in [-0.1, -0.05) is 45.1 Å². The van der Waals surface area contributed by atoms with Crippen LogP contribution in [0.1, 0.15) is 90.4 Å². The second-order valence-electron chi connectivity index (χ2n) is 7.56. The van der Waals surface area contributed by atoms with Gasteiger partial charge in [-0.15, -0.1) is 0 Å². The maximum absolute atomic E-state index is 12.0. The molecular weight excluding hydrogens is 272 g/mol. The third-order valence-corrected chi connectivity index (χ3v) is 5.44. The summed E-state index contributed by atoms with van der Waals surface area (Å²) < 4.78 is 0. The van der Waals surface area contributed by atoms with Crippen LogP contribution in [0.3, 0.4) is 0 Å². The lowest BCUT2D eigenvalue weighted by Gasteiger charge is -2.18. The lowest BCUT2D eigenvalue weighted by Crippen LogP contribution is -2.17. The minimum atomic E-state index is -0.143. The van der Waals surface area contributed by atoms with Crippen molar-refractivity contribution in [1.82, 2.24) is 0 Å². The van der Waals surface area contributed by atoms with Crippen LogP contribution in [0, 0.1) is 11.8 Å². The van der Waals surface area contributed by atoms with Crippen LogP contribution in [-0.4, -0.2) is 17.0 Å². The summed E-state index contributed by atoms with van der Waals surface area (Å²) in [6, 6.07) is 0. The average Bonchev–Trinajstić information content (AvgIpc) is 3.37. The van der Waals surface area contributed by atoms with E-state index < -0.39 is 0 Å². The Morgan fingerprint density at radius 2 is 2.05 bits per heavy atom. The largest absolute Gasteiger partial charge is 0.393 e. The Balaban J connectivity index is 1.48. The first-order valence-electron chi connectivity index (χ1n) is 9.57. The molecule has 1 N–H and O–H groups in total. The number of hydrogen-bond acceptors (Lipinski definition) is 2. The number of ketones is 1. The first kappa shape index (κ1) is 17.7. The molecule has 2 atom stereocenters. The SMILES string of the molecule is CC(CCC1CC1)[C@H](O)CCCCCC(=O)C1=CCCCC1. The van der Waals surface area contributed by atoms with Gasteiger partial charge in [0.1, 0.15) is 0 Å². The topological polar surface area (TPSA) is 37.3 Å². The Morgan fingerprint density at radius 3 is 2.73 bits per heavy atom. The number of aliphatic hydroxyl groups is 1. The number of rotatable bonds is 11. The molecule has 2 nitrogen and oxygen atoms in total. The molecule has 0 bridgehead atoms. The third kappa shape index (κ3) is 6.64. The van der Waals surface area contributed by atoms with E-state index in [4.69, 9.17) is 0 Å². The minimum Gasteiger partial charge on any atom is -0.393 e. The van der Waals surface area contributed by atoms with Gasteiger partial charge in [0.2, 0.25) is 0 Å². The highest BCUT2D eigenvalue weighted by molar-refractivity contribution is 5.95. The van der Waals surface area contributed by atoms with Crippen LogP contribution in [0.25, 0.3) is 0 Å². The van der Waals surface area contributed by atoms with Gasteiger partial charge in [0, 0.05) is 6.42 Å². The van der Waals surface area contributed by atoms with Crippen molar-refractivity contribution in [2.24, 2.45) is 11.8 Å². The summed E-state index contributed by atoms with van der Waals surface area (Å²) in [6.45, 7) is 2.19. The van der Waals surface area contributed by atoms with Crippen LogP contribution < -0.4 is 0 Å². The predicted octanol–water partition coefficient (Wildman–Crippen LogP) is 5.19. The van der Waals surface area contributed by atoms with Gasteiger partial charge >= 0.3 is 0 Å². The van der Waals surface area contributed by atoms with Crippen molar-refractivity contribution in [2.75, 3.05) is 0 Å². The fraction of sp³-hybridized carbons (Fsp3) is 0.850. The summed E-state index contributed by atoms with van der Waals surface area (Å²) in [7, 11) is 0. The molecule has 0 aromatic carbocycles. The quantitative estimate of drug-likeness (QED) is 0.533. The number of allylic oxidation sites excluding steroid dienone is 2. The summed E-state index contributed by atoms with van der Waals surface area (Å²) in [5, 5.41) is 10.2. The van der Waals surface area contributed by atoms with E-state index in [0.29, 0.717) is 18.1 Å². The maximum atomic E-state index is 12.0. The number of aliphatic hydroxyl groups excluding tert-OH is 1. The zero-order valence-electron chi connectivity index (χ0n) is 14.4. The summed E-state index contributed by atoms with van der Waals surface area (Å²) in [6.07, 6.45) is 16.6. The molecule has 1 unspecified atom stereocenters. The molecule has 0 amide bonds. The number of carbonyl (C=O) groups is 1. The first-order valence-corrected chi connectivity index (χ1v) is 9.57. The van der Waals surface area contributed by atoms with Gasteiger partial charge in [-0.3, -0.25) is 4.79 Å². The highest BCUT2D eigenvalue weighted by atomic mass is 16.3. The van der Waals surface area contributed by atoms with Gasteiger partial charge in [0.05, 0.1) is 6.10 Å². The van der Waals surface area contributed by atoms with Gasteiger partial charge in [0.15, 0.2) is 5.78 Å². The second-order valence-corrected chi connectivity index (χ2v) is 7.56. The smallest absolute Gasteiger partial charge is 0.158 e. The Hall–Kier alpha value is -0.630. The van der Waals surface area contributed by atoms with Gasteiger partial charge < -0.3 is 5.11 Å². The molecule has 0 aliphatic heterocycles. The Bertz CT molecular complexity index is 368. The molecule has 1 saturated carbocycles. The molecule has 126 valence electrons. The molecule has 0 aromatic heterocycles. The van der Waals surface area contributed by atoms with Gasteiger partial charge in [-0.25, -0.2) is 0 Å². The fourth-order valence-electron chi connectivity index (χ4n) is 3.45. The number of hydrogen-bond donors (Lipinski definition) is 1. The van der Waals surface area contributed by atoms with Crippen LogP contribution in [0.5, 0.6) is 0 Å². The van der Waals surface area contributed by atoms with Crippen LogP contribution in [0.4, 0.5) is 0 Å². The third-order valence-electron chi connectivity index (χ3n) is 5.44. The van der Waals surface area contributed by atoms with Crippen molar-refractivity contribution < 1.29 is 9.90 Å². The van der Waals surface area contributed by atoms with Crippen molar-refractivity contribution >= 4 is 5.78 Å². The fourth-order valence-corrected chi connectivity index (χ4v) is 3.45. The van der Waals surface area contributed by atoms with E-state index in [9.17, 15) is 9.90 Å². The number of Topliss-reactive ketones (excluding diaryl/α,β-unsaturated/α-hetero) is 1. The van der Waals surface area contributed by atoms with Gasteiger partial charge in [-0.2, -0.15) is 0 Å². The summed E-state index contributed by atoms with van der Waals surface area (Å²) in [5.41, 5.74) is 1.08. The highest BCUT2D eigenvalue weighted by Crippen LogP contribution is 2.35. The molecule has 0 saturated heterocycles. The normalized spacial score (nSPS) is 21.3. The molecule has 2 aliphatic rings. The van der Waals surface area contributed by atoms with Gasteiger partial charge in [-0.05, 0) is 62.4 Å². The summed E-state index contributed by atoms with van der Waals surface area (Å²) in [5.74, 6) is 1.78. The molecular formula is C20H34O2. The maximum Gasteiger partial charge on any atom is 0.158 e. The van der Waals surface area contributed by atoms with Crippen molar-refractivity contribution in [1.29, 1.82) is 0 Å². The van der Waals surface area contributed by atoms with Crippen molar-refractivity contribution in [3.63, 3.8) is 0 Å². The van der Waals surface area contributed by atoms with E-state index in [1.165, 1.54) is 38.5 Å². The molecule has 0 aromatic rings. The number of carbonyl (C=O) groups excluding carboxylic acids is 1. The summed E-state index contributed by atoms with van der Waals surface area (Å²) in [4.78, 5) is 12.0. The van der Waals surface area contributed by atoms with E-state index in [1.54, 1.807) is 0 Å². The molecule has 2 rings (SSSR count). The van der Waals surface area contributed by atoms with Crippen molar-refractivity contribution in [3.05, 3.63) is 11.6 Å². The Kier molecular flexibility index (Phi) is 7.65. The molecule has 1 fully saturated rings. The standard InChI is InChI=1S/C20H34O2/c1-16(12-13-17-14-15-17)19(21)10-6-3-7-11-20(22)18-8-4-2-5-9-18/h8,16-17,19,21H,2-7,9-15H2,1H3/t16?,19-/m1/s1. The van der Waals surface area contributed by atoms with Crippen LogP contribution in [0.15, 0.2) is 11.6 Å². The van der Waals surface area contributed by atoms with E-state index in [0.717, 1.165) is 50.0 Å². The molecule has 0 spiro atoms. The van der Waals surface area contributed by atoms with E-state index in [-0.39, 0.29) is 6.10 Å². The van der Waals surface area contributed by atoms with Gasteiger partial charge in [0.25, 0.3) is 0 Å². The summed E-state index contributed by atoms with van der Waals surface area (Å²) >= 11 is 0. The highest BCUT2D eigenvalue weighted by Gasteiger charge is 2.23. The van der Waals surface area contributed by atoms with Crippen molar-refractivity contribution in [3.8, 4) is 0 Å². The monoisotopic (exact) mass is 306 g/mol. The number of unbranched alkanes of at least 4 members (excludes halogenated alkanes) is 2. The Morgan fingerprint density at radius 1 is 1.23 bits per heavy atom. The predicted molar refractivity (Wildman–Crippen MR) is 91.8 cm³/mol. The lowest BCUT2D eigenvalue weighted by atomic mass is 9.92. The minimum absolute atomic E-state index is 0.143. The van der Waals surface area contributed by atoms with Crippen LogP contribution >= 0.6 is 0 Å². The van der Waals surface area contributed by atoms with Crippen LogP contribution in [-0.2, 0) is 4.79 Å². The van der Waals surface area contributed by atoms with E-state index >= 15 is 0 Å². The van der Waals surface area contributed by atoms with E-state index in [1.807, 2.05) is 0 Å². The zero-order valence-corrected chi connectivity index (χ0v) is 14.4. The van der Waals surface area contributed by atoms with Crippen LogP contribution in [0.2, 0.25) is 0 Å². The Labute approximate surface area is 136 Å². The molecule has 2 aliphatic carbocycles. The zero-order chi connectivity index (χ0) is 15.8. The second kappa shape index (κ2) is 9.50. The molecule has 2 heteroatoms. The average molecular weight is 306 g/mol. The molecule has 0 heterocycles. The van der Waals surface area contributed by atoms with E-state index in [2.05, 4.69) is 13.0 Å². The van der Waals surface area contributed by atoms with Crippen molar-refractivity contribution in [2.45, 2.75) is 96.5 Å². The first-order chi connectivity index (χ1) is 10.7.